The van der Waals surface area contributed by atoms with E-state index in [9.17, 15) is 14.7 Å². The van der Waals surface area contributed by atoms with E-state index in [1.54, 1.807) is 0 Å². The Hall–Kier alpha value is -1.14. The van der Waals surface area contributed by atoms with Gasteiger partial charge in [-0.3, -0.25) is 9.59 Å². The van der Waals surface area contributed by atoms with E-state index in [1.165, 1.54) is 0 Å². The minimum atomic E-state index is -0.749. The number of aliphatic carboxylic acids is 1. The fraction of sp³-hybridized carbons (Fsp3) is 0.867. The molecule has 6 heteroatoms. The molecule has 1 saturated carbocycles. The summed E-state index contributed by atoms with van der Waals surface area (Å²) in [5.41, 5.74) is -0.355. The molecule has 1 heterocycles. The number of hydrogen-bond acceptors (Lipinski definition) is 4. The molecule has 0 radical (unpaired) electrons. The summed E-state index contributed by atoms with van der Waals surface area (Å²) in [6.07, 6.45) is 0.715. The molecule has 0 aromatic rings. The number of carbonyl (C=O) groups is 2. The fourth-order valence-corrected chi connectivity index (χ4v) is 3.36. The number of ether oxygens (including phenoxy) is 2. The van der Waals surface area contributed by atoms with Crippen LogP contribution >= 0.6 is 0 Å². The molecule has 4 unspecified atom stereocenters. The lowest BCUT2D eigenvalue weighted by molar-refractivity contribution is -0.153. The topological polar surface area (TPSA) is 84.9 Å². The average Bonchev–Trinajstić information content (AvgIpc) is 2.44. The Balaban J connectivity index is 1.98. The Labute approximate surface area is 125 Å². The van der Waals surface area contributed by atoms with E-state index in [0.717, 1.165) is 0 Å². The highest BCUT2D eigenvalue weighted by molar-refractivity contribution is 5.81. The molecule has 1 aliphatic heterocycles. The number of nitrogens with one attached hydrogen (secondary N) is 1. The molecule has 0 bridgehead atoms. The van der Waals surface area contributed by atoms with Crippen LogP contribution in [0.5, 0.6) is 0 Å². The summed E-state index contributed by atoms with van der Waals surface area (Å²) in [5.74, 6) is -1.19. The third-order valence-electron chi connectivity index (χ3n) is 5.18. The monoisotopic (exact) mass is 299 g/mol. The van der Waals surface area contributed by atoms with Gasteiger partial charge in [-0.15, -0.1) is 0 Å². The summed E-state index contributed by atoms with van der Waals surface area (Å²) in [7, 11) is 0. The zero-order chi connectivity index (χ0) is 15.6. The van der Waals surface area contributed by atoms with Crippen LogP contribution in [0, 0.1) is 17.3 Å². The minimum absolute atomic E-state index is 0.0198. The molecule has 2 N–H and O–H groups in total. The second kappa shape index (κ2) is 6.32. The standard InChI is InChI=1S/C15H25NO5/c1-9-11(5-4-10(14(18)19)15(9,2)3)16-13(17)12-8-20-6-7-21-12/h9-12H,4-8H2,1-3H3,(H,16,17)(H,18,19). The van der Waals surface area contributed by atoms with Crippen molar-refractivity contribution in [3.05, 3.63) is 0 Å². The van der Waals surface area contributed by atoms with Crippen molar-refractivity contribution < 1.29 is 24.2 Å². The zero-order valence-electron chi connectivity index (χ0n) is 12.9. The van der Waals surface area contributed by atoms with E-state index in [-0.39, 0.29) is 35.8 Å². The van der Waals surface area contributed by atoms with E-state index in [0.29, 0.717) is 26.1 Å². The van der Waals surface area contributed by atoms with E-state index in [4.69, 9.17) is 9.47 Å². The molecule has 4 atom stereocenters. The summed E-state index contributed by atoms with van der Waals surface area (Å²) in [6.45, 7) is 7.19. The first-order valence-electron chi connectivity index (χ1n) is 7.56. The second-order valence-electron chi connectivity index (χ2n) is 6.63. The summed E-state index contributed by atoms with van der Waals surface area (Å²) in [5, 5.41) is 12.4. The first-order valence-corrected chi connectivity index (χ1v) is 7.56. The lowest BCUT2D eigenvalue weighted by Gasteiger charge is -2.46. The van der Waals surface area contributed by atoms with Gasteiger partial charge >= 0.3 is 5.97 Å². The van der Waals surface area contributed by atoms with Gasteiger partial charge in [-0.05, 0) is 24.2 Å². The quantitative estimate of drug-likeness (QED) is 0.813. The van der Waals surface area contributed by atoms with Crippen LogP contribution in [0.1, 0.15) is 33.6 Å². The Bertz CT molecular complexity index is 403. The molecule has 1 saturated heterocycles. The van der Waals surface area contributed by atoms with Crippen molar-refractivity contribution in [3.8, 4) is 0 Å². The maximum atomic E-state index is 12.2. The van der Waals surface area contributed by atoms with Crippen LogP contribution in [-0.4, -0.2) is 48.9 Å². The Morgan fingerprint density at radius 2 is 1.95 bits per heavy atom. The van der Waals surface area contributed by atoms with Gasteiger partial charge in [0.25, 0.3) is 5.91 Å². The van der Waals surface area contributed by atoms with Crippen molar-refractivity contribution in [3.63, 3.8) is 0 Å². The van der Waals surface area contributed by atoms with Crippen LogP contribution in [0.15, 0.2) is 0 Å². The summed E-state index contributed by atoms with van der Waals surface area (Å²) in [4.78, 5) is 23.6. The average molecular weight is 299 g/mol. The Morgan fingerprint density at radius 3 is 2.52 bits per heavy atom. The molecular weight excluding hydrogens is 274 g/mol. The molecule has 120 valence electrons. The number of carboxylic acid groups (broad SMARTS) is 1. The van der Waals surface area contributed by atoms with Crippen LogP contribution in [0.25, 0.3) is 0 Å². The van der Waals surface area contributed by atoms with Crippen molar-refractivity contribution in [1.29, 1.82) is 0 Å². The first-order chi connectivity index (χ1) is 9.84. The lowest BCUT2D eigenvalue weighted by Crippen LogP contribution is -2.55. The van der Waals surface area contributed by atoms with Gasteiger partial charge in [0.05, 0.1) is 25.7 Å². The minimum Gasteiger partial charge on any atom is -0.481 e. The Morgan fingerprint density at radius 1 is 1.24 bits per heavy atom. The van der Waals surface area contributed by atoms with Crippen molar-refractivity contribution in [2.75, 3.05) is 19.8 Å². The highest BCUT2D eigenvalue weighted by atomic mass is 16.6. The highest BCUT2D eigenvalue weighted by Gasteiger charge is 2.46. The summed E-state index contributed by atoms with van der Waals surface area (Å²) in [6, 6.07) is -0.0198. The van der Waals surface area contributed by atoms with Crippen molar-refractivity contribution in [2.24, 2.45) is 17.3 Å². The predicted molar refractivity (Wildman–Crippen MR) is 75.8 cm³/mol. The lowest BCUT2D eigenvalue weighted by atomic mass is 9.61. The number of hydrogen-bond donors (Lipinski definition) is 2. The van der Waals surface area contributed by atoms with Gasteiger partial charge in [0.2, 0.25) is 0 Å². The fourth-order valence-electron chi connectivity index (χ4n) is 3.36. The van der Waals surface area contributed by atoms with Crippen LogP contribution in [0.3, 0.4) is 0 Å². The smallest absolute Gasteiger partial charge is 0.307 e. The second-order valence-corrected chi connectivity index (χ2v) is 6.63. The van der Waals surface area contributed by atoms with Crippen molar-refractivity contribution in [2.45, 2.75) is 45.8 Å². The maximum absolute atomic E-state index is 12.2. The van der Waals surface area contributed by atoms with Gasteiger partial charge in [-0.25, -0.2) is 0 Å². The Kier molecular flexibility index (Phi) is 4.88. The van der Waals surface area contributed by atoms with Gasteiger partial charge in [-0.2, -0.15) is 0 Å². The SMILES string of the molecule is CC1C(NC(=O)C2COCCO2)CCC(C(=O)O)C1(C)C. The van der Waals surface area contributed by atoms with Gasteiger partial charge in [0, 0.05) is 6.04 Å². The van der Waals surface area contributed by atoms with Crippen LogP contribution in [-0.2, 0) is 19.1 Å². The van der Waals surface area contributed by atoms with Gasteiger partial charge in [-0.1, -0.05) is 20.8 Å². The van der Waals surface area contributed by atoms with Crippen molar-refractivity contribution in [1.82, 2.24) is 5.32 Å². The third-order valence-corrected chi connectivity index (χ3v) is 5.18. The van der Waals surface area contributed by atoms with E-state index in [1.807, 2.05) is 20.8 Å². The third kappa shape index (κ3) is 3.37. The van der Waals surface area contributed by atoms with Crippen LogP contribution in [0.4, 0.5) is 0 Å². The number of rotatable bonds is 3. The predicted octanol–water partition coefficient (Wildman–Crippen LogP) is 1.04. The van der Waals surface area contributed by atoms with Crippen LogP contribution < -0.4 is 5.32 Å². The van der Waals surface area contributed by atoms with E-state index < -0.39 is 12.1 Å². The van der Waals surface area contributed by atoms with E-state index >= 15 is 0 Å². The number of carboxylic acids is 1. The molecule has 1 aliphatic carbocycles. The molecule has 2 rings (SSSR count). The van der Waals surface area contributed by atoms with Crippen LogP contribution in [0.2, 0.25) is 0 Å². The molecule has 6 nitrogen and oxygen atoms in total. The van der Waals surface area contributed by atoms with Gasteiger partial charge in [0.1, 0.15) is 0 Å². The highest BCUT2D eigenvalue weighted by Crippen LogP contribution is 2.45. The molecule has 0 aromatic heterocycles. The molecule has 0 aromatic carbocycles. The van der Waals surface area contributed by atoms with Gasteiger partial charge < -0.3 is 19.9 Å². The molecular formula is C15H25NO5. The molecule has 21 heavy (non-hydrogen) atoms. The first kappa shape index (κ1) is 16.2. The van der Waals surface area contributed by atoms with Crippen molar-refractivity contribution >= 4 is 11.9 Å². The molecule has 2 fully saturated rings. The summed E-state index contributed by atoms with van der Waals surface area (Å²) < 4.78 is 10.6. The molecule has 2 aliphatic rings. The zero-order valence-corrected chi connectivity index (χ0v) is 12.9. The normalized spacial score (nSPS) is 36.0. The summed E-state index contributed by atoms with van der Waals surface area (Å²) >= 11 is 0. The molecule has 1 amide bonds. The number of carbonyl (C=O) groups excluding carboxylic acids is 1. The maximum Gasteiger partial charge on any atom is 0.307 e. The van der Waals surface area contributed by atoms with E-state index in [2.05, 4.69) is 5.32 Å². The van der Waals surface area contributed by atoms with Gasteiger partial charge in [0.15, 0.2) is 6.10 Å². The number of amides is 1. The molecule has 0 spiro atoms. The largest absolute Gasteiger partial charge is 0.481 e.